The highest BCUT2D eigenvalue weighted by Crippen LogP contribution is 2.20. The topological polar surface area (TPSA) is 79.0 Å². The number of aromatic nitrogens is 2. The molecule has 0 aromatic carbocycles. The van der Waals surface area contributed by atoms with Crippen LogP contribution in [0.2, 0.25) is 0 Å². The number of amides is 2. The van der Waals surface area contributed by atoms with Gasteiger partial charge in [-0.3, -0.25) is 14.3 Å². The van der Waals surface area contributed by atoms with Gasteiger partial charge in [0.25, 0.3) is 11.8 Å². The Morgan fingerprint density at radius 3 is 2.47 bits per heavy atom. The van der Waals surface area contributed by atoms with Crippen molar-refractivity contribution in [3.63, 3.8) is 0 Å². The molecule has 6 nitrogen and oxygen atoms in total. The fraction of sp³-hybridized carbons (Fsp3) is 0.111. The number of hydrogen-bond acceptors (Lipinski definition) is 4. The molecule has 1 aliphatic rings. The average molecular weight is 202 g/mol. The van der Waals surface area contributed by atoms with Crippen LogP contribution in [-0.4, -0.2) is 21.6 Å². The van der Waals surface area contributed by atoms with Gasteiger partial charge in [0.2, 0.25) is 0 Å². The summed E-state index contributed by atoms with van der Waals surface area (Å²) < 4.78 is 1.38. The van der Waals surface area contributed by atoms with E-state index in [0.29, 0.717) is 0 Å². The minimum atomic E-state index is -0.477. The van der Waals surface area contributed by atoms with E-state index in [1.54, 1.807) is 7.05 Å². The van der Waals surface area contributed by atoms with Crippen LogP contribution in [0.3, 0.4) is 0 Å². The predicted molar refractivity (Wildman–Crippen MR) is 49.6 cm³/mol. The van der Waals surface area contributed by atoms with Gasteiger partial charge in [0.05, 0.1) is 0 Å². The number of carbonyl (C=O) groups excluding carboxylic acids is 2. The van der Waals surface area contributed by atoms with Crippen LogP contribution in [0, 0.1) is 11.3 Å². The number of hydrogen-bond donors (Lipinski definition) is 0. The van der Waals surface area contributed by atoms with Crippen molar-refractivity contribution in [2.24, 2.45) is 7.05 Å². The number of imide groups is 1. The summed E-state index contributed by atoms with van der Waals surface area (Å²) in [6.07, 6.45) is 3.75. The van der Waals surface area contributed by atoms with Crippen LogP contribution >= 0.6 is 0 Å². The van der Waals surface area contributed by atoms with Crippen molar-refractivity contribution in [2.45, 2.75) is 0 Å². The molecule has 0 fully saturated rings. The van der Waals surface area contributed by atoms with E-state index >= 15 is 0 Å². The molecular formula is C9H6N4O2. The number of rotatable bonds is 1. The van der Waals surface area contributed by atoms with E-state index in [2.05, 4.69) is 5.10 Å². The van der Waals surface area contributed by atoms with Crippen LogP contribution < -0.4 is 4.90 Å². The van der Waals surface area contributed by atoms with Crippen molar-refractivity contribution in [1.82, 2.24) is 9.78 Å². The molecule has 0 radical (unpaired) electrons. The Kier molecular flexibility index (Phi) is 1.87. The molecule has 15 heavy (non-hydrogen) atoms. The summed E-state index contributed by atoms with van der Waals surface area (Å²) >= 11 is 0. The summed E-state index contributed by atoms with van der Waals surface area (Å²) in [5.74, 6) is -0.870. The second kappa shape index (κ2) is 3.06. The molecule has 2 amide bonds. The van der Waals surface area contributed by atoms with Gasteiger partial charge in [-0.25, -0.2) is 4.90 Å². The number of aryl methyl sites for hydroxylation is 1. The highest BCUT2D eigenvalue weighted by molar-refractivity contribution is 6.28. The summed E-state index contributed by atoms with van der Waals surface area (Å²) in [7, 11) is 1.61. The van der Waals surface area contributed by atoms with Crippen LogP contribution in [-0.2, 0) is 16.6 Å². The molecule has 1 aliphatic heterocycles. The van der Waals surface area contributed by atoms with Gasteiger partial charge in [0, 0.05) is 25.4 Å². The first-order valence-electron chi connectivity index (χ1n) is 4.13. The zero-order valence-corrected chi connectivity index (χ0v) is 7.84. The molecule has 0 bridgehead atoms. The van der Waals surface area contributed by atoms with Gasteiger partial charge in [-0.1, -0.05) is 0 Å². The Bertz CT molecular complexity index is 503. The molecule has 1 aromatic heterocycles. The minimum Gasteiger partial charge on any atom is -0.272 e. The highest BCUT2D eigenvalue weighted by Gasteiger charge is 2.29. The van der Waals surface area contributed by atoms with Gasteiger partial charge in [-0.05, 0) is 0 Å². The molecule has 0 N–H and O–H groups in total. The predicted octanol–water partition coefficient (Wildman–Crippen LogP) is -0.279. The van der Waals surface area contributed by atoms with E-state index in [9.17, 15) is 9.59 Å². The lowest BCUT2D eigenvalue weighted by Gasteiger charge is -2.09. The van der Waals surface area contributed by atoms with E-state index in [1.165, 1.54) is 10.9 Å². The number of nitrogens with zero attached hydrogens (tertiary/aromatic N) is 4. The molecule has 0 spiro atoms. The van der Waals surface area contributed by atoms with Crippen LogP contribution in [0.5, 0.6) is 0 Å². The van der Waals surface area contributed by atoms with Crippen molar-refractivity contribution < 1.29 is 9.59 Å². The van der Waals surface area contributed by atoms with Crippen LogP contribution in [0.15, 0.2) is 18.3 Å². The number of anilines is 1. The maximum Gasteiger partial charge on any atom is 0.259 e. The highest BCUT2D eigenvalue weighted by atomic mass is 16.2. The maximum atomic E-state index is 11.3. The molecule has 74 valence electrons. The second-order valence-corrected chi connectivity index (χ2v) is 3.00. The fourth-order valence-electron chi connectivity index (χ4n) is 1.33. The van der Waals surface area contributed by atoms with Crippen LogP contribution in [0.25, 0.3) is 0 Å². The first kappa shape index (κ1) is 9.15. The summed E-state index contributed by atoms with van der Waals surface area (Å²) in [6.45, 7) is 0. The smallest absolute Gasteiger partial charge is 0.259 e. The third-order valence-corrected chi connectivity index (χ3v) is 1.95. The van der Waals surface area contributed by atoms with E-state index in [1.807, 2.05) is 6.07 Å². The molecule has 0 saturated heterocycles. The Morgan fingerprint density at radius 1 is 1.33 bits per heavy atom. The molecule has 0 saturated carbocycles. The Hall–Kier alpha value is -2.42. The maximum absolute atomic E-state index is 11.3. The first-order chi connectivity index (χ1) is 7.13. The van der Waals surface area contributed by atoms with Gasteiger partial charge in [0.1, 0.15) is 11.6 Å². The second-order valence-electron chi connectivity index (χ2n) is 3.00. The van der Waals surface area contributed by atoms with Gasteiger partial charge >= 0.3 is 0 Å². The minimum absolute atomic E-state index is 0.0833. The third kappa shape index (κ3) is 1.30. The van der Waals surface area contributed by atoms with Crippen molar-refractivity contribution in [1.29, 1.82) is 5.26 Å². The summed E-state index contributed by atoms with van der Waals surface area (Å²) in [6, 6.07) is 1.88. The lowest BCUT2D eigenvalue weighted by Crippen LogP contribution is -2.30. The van der Waals surface area contributed by atoms with Gasteiger partial charge in [0.15, 0.2) is 5.82 Å². The quantitative estimate of drug-likeness (QED) is 0.587. The molecule has 2 rings (SSSR count). The van der Waals surface area contributed by atoms with Crippen molar-refractivity contribution in [2.75, 3.05) is 4.90 Å². The zero-order chi connectivity index (χ0) is 11.0. The molecule has 2 heterocycles. The van der Waals surface area contributed by atoms with Crippen LogP contribution in [0.4, 0.5) is 5.82 Å². The average Bonchev–Trinajstić information content (AvgIpc) is 2.70. The Morgan fingerprint density at radius 2 is 1.93 bits per heavy atom. The third-order valence-electron chi connectivity index (χ3n) is 1.95. The summed E-state index contributed by atoms with van der Waals surface area (Å²) in [5.41, 5.74) is 0.197. The van der Waals surface area contributed by atoms with Crippen molar-refractivity contribution >= 4 is 17.6 Å². The van der Waals surface area contributed by atoms with E-state index in [4.69, 9.17) is 5.26 Å². The van der Waals surface area contributed by atoms with Crippen molar-refractivity contribution in [3.8, 4) is 6.07 Å². The number of nitriles is 1. The summed E-state index contributed by atoms with van der Waals surface area (Å²) in [5, 5.41) is 12.7. The lowest BCUT2D eigenvalue weighted by atomic mass is 10.3. The number of carbonyl (C=O) groups is 2. The van der Waals surface area contributed by atoms with Gasteiger partial charge < -0.3 is 0 Å². The van der Waals surface area contributed by atoms with Gasteiger partial charge in [-0.2, -0.15) is 10.4 Å². The van der Waals surface area contributed by atoms with E-state index in [0.717, 1.165) is 17.1 Å². The molecule has 0 atom stereocenters. The van der Waals surface area contributed by atoms with Gasteiger partial charge in [-0.15, -0.1) is 0 Å². The molecule has 6 heteroatoms. The summed E-state index contributed by atoms with van der Waals surface area (Å²) in [4.78, 5) is 23.5. The van der Waals surface area contributed by atoms with E-state index in [-0.39, 0.29) is 11.4 Å². The SMILES string of the molecule is Cn1cc(C#N)c(N2C(=O)C=CC2=O)n1. The zero-order valence-electron chi connectivity index (χ0n) is 7.84. The fourth-order valence-corrected chi connectivity index (χ4v) is 1.33. The first-order valence-corrected chi connectivity index (χ1v) is 4.13. The van der Waals surface area contributed by atoms with Crippen molar-refractivity contribution in [3.05, 3.63) is 23.9 Å². The largest absolute Gasteiger partial charge is 0.272 e. The molecule has 0 unspecified atom stereocenters. The monoisotopic (exact) mass is 202 g/mol. The Labute approximate surface area is 85.0 Å². The normalized spacial score (nSPS) is 14.8. The lowest BCUT2D eigenvalue weighted by molar-refractivity contribution is -0.120. The molecule has 1 aromatic rings. The van der Waals surface area contributed by atoms with Crippen LogP contribution in [0.1, 0.15) is 5.56 Å². The molecule has 0 aliphatic carbocycles. The van der Waals surface area contributed by atoms with E-state index < -0.39 is 11.8 Å². The Balaban J connectivity index is 2.51. The standard InChI is InChI=1S/C9H6N4O2/c1-12-5-6(4-10)9(11-12)13-7(14)2-3-8(13)15/h2-3,5H,1H3. The molecular weight excluding hydrogens is 196 g/mol.